The third-order valence-corrected chi connectivity index (χ3v) is 6.78. The van der Waals surface area contributed by atoms with Crippen molar-refractivity contribution >= 4 is 33.2 Å². The molecular weight excluding hydrogens is 396 g/mol. The maximum Gasteiger partial charge on any atom is 0.261 e. The van der Waals surface area contributed by atoms with Crippen LogP contribution >= 0.6 is 11.6 Å². The largest absolute Gasteiger partial charge is 0.355 e. The molecule has 1 fully saturated rings. The number of aryl methyl sites for hydroxylation is 1. The van der Waals surface area contributed by atoms with Gasteiger partial charge in [-0.05, 0) is 61.1 Å². The van der Waals surface area contributed by atoms with Crippen molar-refractivity contribution in [1.82, 2.24) is 5.32 Å². The quantitative estimate of drug-likeness (QED) is 0.702. The molecule has 0 heterocycles. The van der Waals surface area contributed by atoms with Gasteiger partial charge in [-0.25, -0.2) is 8.42 Å². The van der Waals surface area contributed by atoms with E-state index in [4.69, 9.17) is 11.6 Å². The Morgan fingerprint density at radius 1 is 1.14 bits per heavy atom. The molecular formula is C21H25ClN2O3S. The molecule has 1 amide bonds. The van der Waals surface area contributed by atoms with Crippen molar-refractivity contribution in [3.05, 3.63) is 58.6 Å². The summed E-state index contributed by atoms with van der Waals surface area (Å²) in [6, 6.07) is 11.7. The van der Waals surface area contributed by atoms with Crippen LogP contribution in [0, 0.1) is 12.8 Å². The van der Waals surface area contributed by atoms with Crippen LogP contribution in [0.4, 0.5) is 5.69 Å². The normalized spacial score (nSPS) is 15.3. The zero-order valence-corrected chi connectivity index (χ0v) is 17.8. The van der Waals surface area contributed by atoms with Gasteiger partial charge in [0.2, 0.25) is 5.91 Å². The van der Waals surface area contributed by atoms with Crippen molar-refractivity contribution in [3.63, 3.8) is 0 Å². The molecule has 0 spiro atoms. The number of halogens is 1. The lowest BCUT2D eigenvalue weighted by atomic mass is 9.94. The fourth-order valence-corrected chi connectivity index (χ4v) is 4.38. The zero-order valence-electron chi connectivity index (χ0n) is 16.3. The fraction of sp³-hybridized carbons (Fsp3) is 0.381. The Balaban J connectivity index is 1.74. The van der Waals surface area contributed by atoms with Gasteiger partial charge in [0, 0.05) is 17.3 Å². The number of carbonyl (C=O) groups is 1. The van der Waals surface area contributed by atoms with Crippen LogP contribution in [-0.2, 0) is 20.2 Å². The lowest BCUT2D eigenvalue weighted by molar-refractivity contribution is -0.123. The molecule has 1 aliphatic carbocycles. The molecule has 1 saturated carbocycles. The van der Waals surface area contributed by atoms with Crippen LogP contribution < -0.4 is 10.0 Å². The van der Waals surface area contributed by atoms with Gasteiger partial charge in [-0.15, -0.1) is 0 Å². The SMILES string of the molecule is Cc1ccc(S(=O)(=O)Nc2ccc(C3(C(=O)NCC(C)C)CC3)cc2)cc1Cl. The topological polar surface area (TPSA) is 75.3 Å². The van der Waals surface area contributed by atoms with Crippen molar-refractivity contribution in [3.8, 4) is 0 Å². The van der Waals surface area contributed by atoms with Crippen molar-refractivity contribution in [2.45, 2.75) is 43.9 Å². The standard InChI is InChI=1S/C21H25ClN2O3S/c1-14(2)13-23-20(25)21(10-11-21)16-5-7-17(8-6-16)24-28(26,27)18-9-4-15(3)19(22)12-18/h4-9,12,14,24H,10-11,13H2,1-3H3,(H,23,25). The van der Waals surface area contributed by atoms with E-state index in [2.05, 4.69) is 23.9 Å². The van der Waals surface area contributed by atoms with E-state index in [0.29, 0.717) is 23.2 Å². The minimum atomic E-state index is -3.73. The Morgan fingerprint density at radius 2 is 1.79 bits per heavy atom. The third kappa shape index (κ3) is 4.33. The lowest BCUT2D eigenvalue weighted by Crippen LogP contribution is -2.36. The Kier molecular flexibility index (Phi) is 5.73. The molecule has 0 radical (unpaired) electrons. The van der Waals surface area contributed by atoms with Gasteiger partial charge in [0.05, 0.1) is 10.3 Å². The number of hydrogen-bond acceptors (Lipinski definition) is 3. The Morgan fingerprint density at radius 3 is 2.32 bits per heavy atom. The highest BCUT2D eigenvalue weighted by Crippen LogP contribution is 2.48. The van der Waals surface area contributed by atoms with E-state index in [9.17, 15) is 13.2 Å². The smallest absolute Gasteiger partial charge is 0.261 e. The van der Waals surface area contributed by atoms with Gasteiger partial charge >= 0.3 is 0 Å². The van der Waals surface area contributed by atoms with Crippen LogP contribution in [-0.4, -0.2) is 20.9 Å². The van der Waals surface area contributed by atoms with Crippen molar-refractivity contribution < 1.29 is 13.2 Å². The summed E-state index contributed by atoms with van der Waals surface area (Å²) < 4.78 is 27.7. The molecule has 2 aromatic carbocycles. The first-order valence-electron chi connectivity index (χ1n) is 9.32. The molecule has 3 rings (SSSR count). The van der Waals surface area contributed by atoms with E-state index < -0.39 is 15.4 Å². The van der Waals surface area contributed by atoms with Crippen LogP contribution in [0.5, 0.6) is 0 Å². The summed E-state index contributed by atoms with van der Waals surface area (Å²) in [7, 11) is -3.73. The maximum atomic E-state index is 12.6. The van der Waals surface area contributed by atoms with Gasteiger partial charge in [0.25, 0.3) is 10.0 Å². The van der Waals surface area contributed by atoms with E-state index in [1.807, 2.05) is 19.1 Å². The van der Waals surface area contributed by atoms with Gasteiger partial charge < -0.3 is 5.32 Å². The summed E-state index contributed by atoms with van der Waals surface area (Å²) in [6.45, 7) is 6.58. The second kappa shape index (κ2) is 7.76. The van der Waals surface area contributed by atoms with Crippen LogP contribution in [0.2, 0.25) is 5.02 Å². The number of benzene rings is 2. The molecule has 0 saturated heterocycles. The number of anilines is 1. The van der Waals surface area contributed by atoms with Crippen molar-refractivity contribution in [1.29, 1.82) is 0 Å². The number of hydrogen-bond donors (Lipinski definition) is 2. The van der Waals surface area contributed by atoms with Gasteiger partial charge in [0.15, 0.2) is 0 Å². The molecule has 1 aliphatic rings. The number of rotatable bonds is 7. The zero-order chi connectivity index (χ0) is 20.5. The van der Waals surface area contributed by atoms with Crippen LogP contribution in [0.25, 0.3) is 0 Å². The summed E-state index contributed by atoms with van der Waals surface area (Å²) in [5, 5.41) is 3.41. The van der Waals surface area contributed by atoms with E-state index in [0.717, 1.165) is 24.0 Å². The second-order valence-corrected chi connectivity index (χ2v) is 9.87. The van der Waals surface area contributed by atoms with E-state index >= 15 is 0 Å². The molecule has 2 aromatic rings. The maximum absolute atomic E-state index is 12.6. The first kappa shape index (κ1) is 20.7. The first-order valence-corrected chi connectivity index (χ1v) is 11.2. The molecule has 0 bridgehead atoms. The summed E-state index contributed by atoms with van der Waals surface area (Å²) in [5.41, 5.74) is 1.70. The molecule has 7 heteroatoms. The molecule has 2 N–H and O–H groups in total. The highest BCUT2D eigenvalue weighted by atomic mass is 35.5. The molecule has 0 atom stereocenters. The first-order chi connectivity index (χ1) is 13.1. The van der Waals surface area contributed by atoms with Crippen LogP contribution in [0.1, 0.15) is 37.8 Å². The van der Waals surface area contributed by atoms with Crippen LogP contribution in [0.15, 0.2) is 47.4 Å². The second-order valence-electron chi connectivity index (χ2n) is 7.78. The lowest BCUT2D eigenvalue weighted by Gasteiger charge is -2.17. The molecule has 5 nitrogen and oxygen atoms in total. The number of carbonyl (C=O) groups excluding carboxylic acids is 1. The molecule has 0 aliphatic heterocycles. The minimum Gasteiger partial charge on any atom is -0.355 e. The predicted molar refractivity (Wildman–Crippen MR) is 112 cm³/mol. The third-order valence-electron chi connectivity index (χ3n) is 5.00. The summed E-state index contributed by atoms with van der Waals surface area (Å²) in [4.78, 5) is 12.7. The van der Waals surface area contributed by atoms with Gasteiger partial charge in [-0.3, -0.25) is 9.52 Å². The van der Waals surface area contributed by atoms with Gasteiger partial charge in [-0.1, -0.05) is 43.6 Å². The highest BCUT2D eigenvalue weighted by molar-refractivity contribution is 7.92. The highest BCUT2D eigenvalue weighted by Gasteiger charge is 2.51. The summed E-state index contributed by atoms with van der Waals surface area (Å²) in [5.74, 6) is 0.440. The minimum absolute atomic E-state index is 0.0452. The molecule has 150 valence electrons. The Labute approximate surface area is 171 Å². The average molecular weight is 421 g/mol. The Bertz CT molecular complexity index is 981. The van der Waals surface area contributed by atoms with E-state index in [1.165, 1.54) is 12.1 Å². The molecule has 28 heavy (non-hydrogen) atoms. The average Bonchev–Trinajstić information content (AvgIpc) is 3.44. The number of nitrogens with one attached hydrogen (secondary N) is 2. The monoisotopic (exact) mass is 420 g/mol. The molecule has 0 unspecified atom stereocenters. The summed E-state index contributed by atoms with van der Waals surface area (Å²) >= 11 is 6.05. The summed E-state index contributed by atoms with van der Waals surface area (Å²) in [6.07, 6.45) is 1.62. The van der Waals surface area contributed by atoms with Crippen molar-refractivity contribution in [2.24, 2.45) is 5.92 Å². The number of amides is 1. The number of sulfonamides is 1. The fourth-order valence-electron chi connectivity index (χ4n) is 3.05. The molecule has 0 aromatic heterocycles. The van der Waals surface area contributed by atoms with Gasteiger partial charge in [-0.2, -0.15) is 0 Å². The van der Waals surface area contributed by atoms with Crippen molar-refractivity contribution in [2.75, 3.05) is 11.3 Å². The van der Waals surface area contributed by atoms with E-state index in [-0.39, 0.29) is 10.8 Å². The predicted octanol–water partition coefficient (Wildman–Crippen LogP) is 4.25. The van der Waals surface area contributed by atoms with Gasteiger partial charge in [0.1, 0.15) is 0 Å². The van der Waals surface area contributed by atoms with E-state index in [1.54, 1.807) is 18.2 Å². The van der Waals surface area contributed by atoms with Crippen LogP contribution in [0.3, 0.4) is 0 Å². The Hall–Kier alpha value is -2.05.